The summed E-state index contributed by atoms with van der Waals surface area (Å²) < 4.78 is 5.18. The number of benzene rings is 1. The van der Waals surface area contributed by atoms with Crippen molar-refractivity contribution in [2.24, 2.45) is 5.92 Å². The Bertz CT molecular complexity index is 426. The van der Waals surface area contributed by atoms with E-state index in [0.717, 1.165) is 36.3 Å². The van der Waals surface area contributed by atoms with Crippen molar-refractivity contribution in [1.29, 1.82) is 0 Å². The van der Waals surface area contributed by atoms with Crippen molar-refractivity contribution in [3.8, 4) is 5.75 Å². The summed E-state index contributed by atoms with van der Waals surface area (Å²) in [5.41, 5.74) is 2.01. The van der Waals surface area contributed by atoms with E-state index in [2.05, 4.69) is 4.90 Å². The Morgan fingerprint density at radius 2 is 2.18 bits per heavy atom. The fraction of sp³-hybridized carbons (Fsp3) is 0.500. The van der Waals surface area contributed by atoms with Crippen LogP contribution >= 0.6 is 0 Å². The van der Waals surface area contributed by atoms with Crippen LogP contribution in [0.5, 0.6) is 5.75 Å². The van der Waals surface area contributed by atoms with Gasteiger partial charge in [-0.05, 0) is 44.6 Å². The number of methoxy groups -OCH3 is 1. The van der Waals surface area contributed by atoms with Crippen molar-refractivity contribution in [1.82, 2.24) is 4.90 Å². The highest BCUT2D eigenvalue weighted by Gasteiger charge is 2.27. The summed E-state index contributed by atoms with van der Waals surface area (Å²) in [5, 5.41) is 0. The molecule has 1 atom stereocenters. The second kappa shape index (κ2) is 4.88. The number of ether oxygens (including phenoxy) is 1. The van der Waals surface area contributed by atoms with Crippen LogP contribution in [0, 0.1) is 5.92 Å². The highest BCUT2D eigenvalue weighted by molar-refractivity contribution is 6.00. The molecule has 0 bridgehead atoms. The van der Waals surface area contributed by atoms with E-state index in [4.69, 9.17) is 4.74 Å². The number of Topliss-reactive ketones (excluding diaryl/α,β-unsaturated/α-hetero) is 1. The van der Waals surface area contributed by atoms with E-state index in [1.54, 1.807) is 7.11 Å². The minimum Gasteiger partial charge on any atom is -0.497 e. The van der Waals surface area contributed by atoms with Gasteiger partial charge in [-0.3, -0.25) is 4.79 Å². The molecule has 17 heavy (non-hydrogen) atoms. The Morgan fingerprint density at radius 1 is 1.41 bits per heavy atom. The molecule has 3 nitrogen and oxygen atoms in total. The Kier molecular flexibility index (Phi) is 3.48. The van der Waals surface area contributed by atoms with E-state index in [9.17, 15) is 4.79 Å². The molecule has 0 radical (unpaired) electrons. The molecule has 0 amide bonds. The number of carbonyl (C=O) groups excluding carboxylic acids is 1. The number of carbonyl (C=O) groups is 1. The molecule has 1 aromatic carbocycles. The van der Waals surface area contributed by atoms with E-state index in [1.807, 2.05) is 32.3 Å². The maximum absolute atomic E-state index is 12.3. The average Bonchev–Trinajstić information content (AvgIpc) is 2.32. The zero-order chi connectivity index (χ0) is 12.4. The minimum absolute atomic E-state index is 0.129. The first-order valence-electron chi connectivity index (χ1n) is 5.97. The maximum Gasteiger partial charge on any atom is 0.167 e. The van der Waals surface area contributed by atoms with Crippen LogP contribution in [0.1, 0.15) is 22.3 Å². The van der Waals surface area contributed by atoms with Crippen molar-refractivity contribution >= 4 is 5.78 Å². The fourth-order valence-electron chi connectivity index (χ4n) is 2.43. The van der Waals surface area contributed by atoms with E-state index in [-0.39, 0.29) is 11.7 Å². The van der Waals surface area contributed by atoms with Gasteiger partial charge in [-0.1, -0.05) is 6.07 Å². The predicted octanol–water partition coefficient (Wildman–Crippen LogP) is 2.00. The van der Waals surface area contributed by atoms with Crippen molar-refractivity contribution < 1.29 is 9.53 Å². The van der Waals surface area contributed by atoms with Gasteiger partial charge in [0, 0.05) is 18.0 Å². The molecular weight excluding hydrogens is 214 g/mol. The second-order valence-corrected chi connectivity index (χ2v) is 4.89. The molecule has 2 rings (SSSR count). The molecular formula is C14H19NO2. The normalized spacial score (nSPS) is 19.3. The van der Waals surface area contributed by atoms with E-state index < -0.39 is 0 Å². The molecule has 0 N–H and O–H groups in total. The number of nitrogens with zero attached hydrogens (tertiary/aromatic N) is 1. The number of hydrogen-bond donors (Lipinski definition) is 0. The first-order valence-corrected chi connectivity index (χ1v) is 5.97. The second-order valence-electron chi connectivity index (χ2n) is 4.89. The quantitative estimate of drug-likeness (QED) is 0.799. The van der Waals surface area contributed by atoms with Crippen molar-refractivity contribution in [2.75, 3.05) is 27.7 Å². The maximum atomic E-state index is 12.3. The number of fused-ring (bicyclic) bond motifs is 1. The van der Waals surface area contributed by atoms with Gasteiger partial charge in [0.25, 0.3) is 0 Å². The molecule has 0 saturated carbocycles. The molecule has 0 heterocycles. The molecule has 0 spiro atoms. The van der Waals surface area contributed by atoms with Gasteiger partial charge in [-0.15, -0.1) is 0 Å². The Hall–Kier alpha value is -1.35. The molecule has 0 saturated heterocycles. The van der Waals surface area contributed by atoms with Crippen LogP contribution in [0.25, 0.3) is 0 Å². The lowest BCUT2D eigenvalue weighted by molar-refractivity contribution is 0.0877. The zero-order valence-corrected chi connectivity index (χ0v) is 10.7. The Balaban J connectivity index is 2.27. The van der Waals surface area contributed by atoms with Crippen LogP contribution in [0.15, 0.2) is 18.2 Å². The Labute approximate surface area is 102 Å². The van der Waals surface area contributed by atoms with Gasteiger partial charge in [0.15, 0.2) is 5.78 Å². The third-order valence-corrected chi connectivity index (χ3v) is 3.30. The summed E-state index contributed by atoms with van der Waals surface area (Å²) >= 11 is 0. The number of hydrogen-bond acceptors (Lipinski definition) is 3. The van der Waals surface area contributed by atoms with Gasteiger partial charge in [-0.25, -0.2) is 0 Å². The summed E-state index contributed by atoms with van der Waals surface area (Å²) in [4.78, 5) is 14.4. The molecule has 0 fully saturated rings. The smallest absolute Gasteiger partial charge is 0.167 e. The summed E-state index contributed by atoms with van der Waals surface area (Å²) in [5.74, 6) is 1.16. The summed E-state index contributed by atoms with van der Waals surface area (Å²) in [6, 6.07) is 5.82. The molecule has 0 aliphatic heterocycles. The van der Waals surface area contributed by atoms with Gasteiger partial charge in [0.05, 0.1) is 7.11 Å². The highest BCUT2D eigenvalue weighted by atomic mass is 16.5. The van der Waals surface area contributed by atoms with Gasteiger partial charge < -0.3 is 9.64 Å². The standard InChI is InChI=1S/C14H19NO2/c1-15(2)9-11-5-4-10-6-7-12(17-3)8-13(10)14(11)16/h6-8,11H,4-5,9H2,1-3H3. The van der Waals surface area contributed by atoms with Crippen molar-refractivity contribution in [3.05, 3.63) is 29.3 Å². The first kappa shape index (κ1) is 12.1. The number of aryl methyl sites for hydroxylation is 1. The molecule has 0 aromatic heterocycles. The predicted molar refractivity (Wildman–Crippen MR) is 67.7 cm³/mol. The largest absolute Gasteiger partial charge is 0.497 e. The number of rotatable bonds is 3. The average molecular weight is 233 g/mol. The Morgan fingerprint density at radius 3 is 2.82 bits per heavy atom. The lowest BCUT2D eigenvalue weighted by Gasteiger charge is -2.25. The number of ketones is 1. The van der Waals surface area contributed by atoms with E-state index >= 15 is 0 Å². The molecule has 1 aliphatic carbocycles. The lowest BCUT2D eigenvalue weighted by Crippen LogP contribution is -2.31. The van der Waals surface area contributed by atoms with E-state index in [1.165, 1.54) is 0 Å². The van der Waals surface area contributed by atoms with Crippen LogP contribution in [0.4, 0.5) is 0 Å². The van der Waals surface area contributed by atoms with Crippen LogP contribution in [0.2, 0.25) is 0 Å². The van der Waals surface area contributed by atoms with Gasteiger partial charge in [-0.2, -0.15) is 0 Å². The lowest BCUT2D eigenvalue weighted by atomic mass is 9.82. The van der Waals surface area contributed by atoms with Gasteiger partial charge >= 0.3 is 0 Å². The molecule has 1 unspecified atom stereocenters. The third-order valence-electron chi connectivity index (χ3n) is 3.30. The van der Waals surface area contributed by atoms with Crippen LogP contribution in [-0.2, 0) is 6.42 Å². The molecule has 1 aliphatic rings. The molecule has 1 aromatic rings. The SMILES string of the molecule is COc1ccc2c(c1)C(=O)C(CN(C)C)CC2. The topological polar surface area (TPSA) is 29.5 Å². The van der Waals surface area contributed by atoms with E-state index in [0.29, 0.717) is 0 Å². The summed E-state index contributed by atoms with van der Waals surface area (Å²) in [7, 11) is 5.65. The van der Waals surface area contributed by atoms with Crippen molar-refractivity contribution in [2.45, 2.75) is 12.8 Å². The van der Waals surface area contributed by atoms with Gasteiger partial charge in [0.1, 0.15) is 5.75 Å². The summed E-state index contributed by atoms with van der Waals surface area (Å²) in [6.45, 7) is 0.829. The molecule has 3 heteroatoms. The van der Waals surface area contributed by atoms with Crippen LogP contribution < -0.4 is 4.74 Å². The fourth-order valence-corrected chi connectivity index (χ4v) is 2.43. The highest BCUT2D eigenvalue weighted by Crippen LogP contribution is 2.28. The van der Waals surface area contributed by atoms with Crippen LogP contribution in [-0.4, -0.2) is 38.4 Å². The first-order chi connectivity index (χ1) is 8.11. The third kappa shape index (κ3) is 2.50. The minimum atomic E-state index is 0.129. The van der Waals surface area contributed by atoms with Gasteiger partial charge in [0.2, 0.25) is 0 Å². The summed E-state index contributed by atoms with van der Waals surface area (Å²) in [6.07, 6.45) is 1.94. The monoisotopic (exact) mass is 233 g/mol. The molecule has 92 valence electrons. The zero-order valence-electron chi connectivity index (χ0n) is 10.7. The van der Waals surface area contributed by atoms with Crippen LogP contribution in [0.3, 0.4) is 0 Å². The van der Waals surface area contributed by atoms with Crippen molar-refractivity contribution in [3.63, 3.8) is 0 Å².